The highest BCUT2D eigenvalue weighted by atomic mass is 35.5. The lowest BCUT2D eigenvalue weighted by molar-refractivity contribution is -0.120. The Hall–Kier alpha value is -4.37. The number of nitrogens with zero attached hydrogens (tertiary/aromatic N) is 1. The third-order valence-electron chi connectivity index (χ3n) is 4.61. The second kappa shape index (κ2) is 12.2. The van der Waals surface area contributed by atoms with Crippen molar-refractivity contribution in [3.63, 3.8) is 0 Å². The highest BCUT2D eigenvalue weighted by Crippen LogP contribution is 2.27. The van der Waals surface area contributed by atoms with Gasteiger partial charge < -0.3 is 19.5 Å². The third-order valence-corrected chi connectivity index (χ3v) is 4.86. The Morgan fingerprint density at radius 3 is 2.34 bits per heavy atom. The molecule has 0 fully saturated rings. The molecule has 0 aromatic heterocycles. The SMILES string of the molecule is COc1ccc(C(=O)NCC(=O)NN=Cc2cccc(OC(=O)c3ccc(Cl)cc3)c2)cc1OC. The molecule has 0 bridgehead atoms. The lowest BCUT2D eigenvalue weighted by Crippen LogP contribution is -2.34. The van der Waals surface area contributed by atoms with Gasteiger partial charge in [-0.2, -0.15) is 5.10 Å². The average molecular weight is 496 g/mol. The summed E-state index contributed by atoms with van der Waals surface area (Å²) in [4.78, 5) is 36.5. The largest absolute Gasteiger partial charge is 0.493 e. The van der Waals surface area contributed by atoms with Crippen molar-refractivity contribution in [3.8, 4) is 17.2 Å². The zero-order chi connectivity index (χ0) is 25.2. The van der Waals surface area contributed by atoms with Crippen LogP contribution in [0.15, 0.2) is 71.8 Å². The molecule has 0 saturated heterocycles. The minimum Gasteiger partial charge on any atom is -0.493 e. The number of methoxy groups -OCH3 is 2. The Balaban J connectivity index is 1.50. The molecular weight excluding hydrogens is 474 g/mol. The highest BCUT2D eigenvalue weighted by molar-refractivity contribution is 6.30. The molecule has 3 rings (SSSR count). The van der Waals surface area contributed by atoms with Gasteiger partial charge in [0.05, 0.1) is 32.5 Å². The first-order valence-electron chi connectivity index (χ1n) is 10.3. The van der Waals surface area contributed by atoms with Crippen LogP contribution >= 0.6 is 11.6 Å². The monoisotopic (exact) mass is 495 g/mol. The smallest absolute Gasteiger partial charge is 0.343 e. The van der Waals surface area contributed by atoms with Crippen molar-refractivity contribution >= 4 is 35.6 Å². The fraction of sp³-hybridized carbons (Fsp3) is 0.120. The van der Waals surface area contributed by atoms with E-state index in [9.17, 15) is 14.4 Å². The molecule has 35 heavy (non-hydrogen) atoms. The molecule has 180 valence electrons. The van der Waals surface area contributed by atoms with Gasteiger partial charge in [0.25, 0.3) is 11.8 Å². The molecule has 0 radical (unpaired) electrons. The summed E-state index contributed by atoms with van der Waals surface area (Å²) in [6.07, 6.45) is 1.38. The van der Waals surface area contributed by atoms with Crippen molar-refractivity contribution in [2.45, 2.75) is 0 Å². The van der Waals surface area contributed by atoms with Crippen molar-refractivity contribution in [3.05, 3.63) is 88.4 Å². The van der Waals surface area contributed by atoms with Crippen LogP contribution in [0.25, 0.3) is 0 Å². The van der Waals surface area contributed by atoms with E-state index in [4.69, 9.17) is 25.8 Å². The van der Waals surface area contributed by atoms with E-state index >= 15 is 0 Å². The van der Waals surface area contributed by atoms with Gasteiger partial charge in [-0.1, -0.05) is 23.7 Å². The lowest BCUT2D eigenvalue weighted by Gasteiger charge is -2.09. The molecule has 3 aromatic rings. The summed E-state index contributed by atoms with van der Waals surface area (Å²) < 4.78 is 15.7. The van der Waals surface area contributed by atoms with Gasteiger partial charge in [-0.25, -0.2) is 10.2 Å². The molecule has 3 aromatic carbocycles. The Bertz CT molecular complexity index is 1240. The Morgan fingerprint density at radius 2 is 1.63 bits per heavy atom. The first kappa shape index (κ1) is 25.3. The molecule has 0 aliphatic heterocycles. The van der Waals surface area contributed by atoms with E-state index in [1.54, 1.807) is 60.7 Å². The number of benzene rings is 3. The van der Waals surface area contributed by atoms with Crippen LogP contribution in [-0.4, -0.2) is 44.8 Å². The lowest BCUT2D eigenvalue weighted by atomic mass is 10.2. The number of hydrazone groups is 1. The molecular formula is C25H22ClN3O6. The van der Waals surface area contributed by atoms with Crippen LogP contribution in [0.5, 0.6) is 17.2 Å². The van der Waals surface area contributed by atoms with Gasteiger partial charge in [0, 0.05) is 10.6 Å². The van der Waals surface area contributed by atoms with Crippen molar-refractivity contribution in [1.29, 1.82) is 0 Å². The fourth-order valence-corrected chi connectivity index (χ4v) is 2.99. The number of ether oxygens (including phenoxy) is 3. The van der Waals surface area contributed by atoms with Crippen molar-refractivity contribution in [2.24, 2.45) is 5.10 Å². The van der Waals surface area contributed by atoms with Crippen LogP contribution < -0.4 is 25.0 Å². The number of esters is 1. The van der Waals surface area contributed by atoms with Gasteiger partial charge in [-0.05, 0) is 60.2 Å². The van der Waals surface area contributed by atoms with Crippen LogP contribution in [0.1, 0.15) is 26.3 Å². The van der Waals surface area contributed by atoms with Crippen LogP contribution in [0.3, 0.4) is 0 Å². The number of hydrogen-bond donors (Lipinski definition) is 2. The van der Waals surface area contributed by atoms with E-state index < -0.39 is 17.8 Å². The predicted molar refractivity (Wildman–Crippen MR) is 130 cm³/mol. The van der Waals surface area contributed by atoms with Gasteiger partial charge in [-0.15, -0.1) is 0 Å². The summed E-state index contributed by atoms with van der Waals surface area (Å²) in [6, 6.07) is 17.6. The maximum atomic E-state index is 12.3. The molecule has 9 nitrogen and oxygen atoms in total. The Morgan fingerprint density at radius 1 is 0.914 bits per heavy atom. The van der Waals surface area contributed by atoms with Crippen LogP contribution in [-0.2, 0) is 4.79 Å². The topological polar surface area (TPSA) is 115 Å². The number of rotatable bonds is 9. The van der Waals surface area contributed by atoms with Gasteiger partial charge in [-0.3, -0.25) is 9.59 Å². The van der Waals surface area contributed by atoms with E-state index in [0.717, 1.165) is 0 Å². The third kappa shape index (κ3) is 7.31. The van der Waals surface area contributed by atoms with Crippen LogP contribution in [0, 0.1) is 0 Å². The van der Waals surface area contributed by atoms with Crippen LogP contribution in [0.2, 0.25) is 5.02 Å². The summed E-state index contributed by atoms with van der Waals surface area (Å²) in [5, 5.41) is 6.88. The highest BCUT2D eigenvalue weighted by Gasteiger charge is 2.12. The maximum absolute atomic E-state index is 12.3. The van der Waals surface area contributed by atoms with Gasteiger partial charge in [0.1, 0.15) is 5.75 Å². The summed E-state index contributed by atoms with van der Waals surface area (Å²) in [5.41, 5.74) is 3.57. The number of hydrogen-bond acceptors (Lipinski definition) is 7. The van der Waals surface area contributed by atoms with Crippen molar-refractivity contribution < 1.29 is 28.6 Å². The molecule has 2 amide bonds. The second-order valence-electron chi connectivity index (χ2n) is 7.01. The van der Waals surface area contributed by atoms with E-state index in [-0.39, 0.29) is 6.54 Å². The first-order chi connectivity index (χ1) is 16.9. The van der Waals surface area contributed by atoms with E-state index in [2.05, 4.69) is 15.8 Å². The minimum absolute atomic E-state index is 0.288. The molecule has 0 heterocycles. The molecule has 0 aliphatic rings. The van der Waals surface area contributed by atoms with Gasteiger partial charge in [0.2, 0.25) is 0 Å². The number of amides is 2. The quantitative estimate of drug-likeness (QED) is 0.203. The summed E-state index contributed by atoms with van der Waals surface area (Å²) in [6.45, 7) is -0.288. The molecule has 0 aliphatic carbocycles. The number of halogens is 1. The van der Waals surface area contributed by atoms with Crippen LogP contribution in [0.4, 0.5) is 0 Å². The minimum atomic E-state index is -0.533. The molecule has 2 N–H and O–H groups in total. The predicted octanol–water partition coefficient (Wildman–Crippen LogP) is 3.46. The fourth-order valence-electron chi connectivity index (χ4n) is 2.87. The van der Waals surface area contributed by atoms with E-state index in [1.165, 1.54) is 26.5 Å². The summed E-state index contributed by atoms with van der Waals surface area (Å²) in [7, 11) is 2.96. The summed E-state index contributed by atoms with van der Waals surface area (Å²) in [5.74, 6) is -0.326. The summed E-state index contributed by atoms with van der Waals surface area (Å²) >= 11 is 5.83. The molecule has 10 heteroatoms. The normalized spacial score (nSPS) is 10.5. The molecule has 0 unspecified atom stereocenters. The number of nitrogens with one attached hydrogen (secondary N) is 2. The Labute approximate surface area is 206 Å². The zero-order valence-corrected chi connectivity index (χ0v) is 19.7. The zero-order valence-electron chi connectivity index (χ0n) is 18.9. The standard InChI is InChI=1S/C25H22ClN3O6/c1-33-21-11-8-18(13-22(21)34-2)24(31)27-15-23(30)29-28-14-16-4-3-5-20(12-16)35-25(32)17-6-9-19(26)10-7-17/h3-14H,15H2,1-2H3,(H,27,31)(H,29,30). The Kier molecular flexibility index (Phi) is 8.80. The number of carbonyl (C=O) groups is 3. The average Bonchev–Trinajstić information content (AvgIpc) is 2.87. The van der Waals surface area contributed by atoms with Gasteiger partial charge in [0.15, 0.2) is 11.5 Å². The van der Waals surface area contributed by atoms with Gasteiger partial charge >= 0.3 is 5.97 Å². The first-order valence-corrected chi connectivity index (χ1v) is 10.7. The number of carbonyl (C=O) groups excluding carboxylic acids is 3. The molecule has 0 atom stereocenters. The molecule has 0 spiro atoms. The maximum Gasteiger partial charge on any atom is 0.343 e. The van der Waals surface area contributed by atoms with Crippen molar-refractivity contribution in [2.75, 3.05) is 20.8 Å². The van der Waals surface area contributed by atoms with E-state index in [0.29, 0.717) is 39.0 Å². The second-order valence-corrected chi connectivity index (χ2v) is 7.45. The molecule has 0 saturated carbocycles. The van der Waals surface area contributed by atoms with E-state index in [1.807, 2.05) is 0 Å². The van der Waals surface area contributed by atoms with Crippen molar-refractivity contribution in [1.82, 2.24) is 10.7 Å².